The maximum atomic E-state index is 11.3. The Morgan fingerprint density at radius 1 is 0.963 bits per heavy atom. The van der Waals surface area contributed by atoms with Gasteiger partial charge in [-0.1, -0.05) is 81.4 Å². The van der Waals surface area contributed by atoms with E-state index < -0.39 is 8.32 Å². The number of carbonyl (C=O) groups is 1. The molecule has 2 nitrogen and oxygen atoms in total. The molecule has 0 bridgehead atoms. The lowest BCUT2D eigenvalue weighted by Gasteiger charge is -2.43. The highest BCUT2D eigenvalue weighted by atomic mass is 35.5. The normalized spacial score (nSPS) is 13.4. The van der Waals surface area contributed by atoms with E-state index in [-0.39, 0.29) is 16.2 Å². The van der Waals surface area contributed by atoms with Crippen molar-refractivity contribution >= 4 is 36.1 Å². The third-order valence-electron chi connectivity index (χ3n) is 5.03. The molecule has 146 valence electrons. The van der Waals surface area contributed by atoms with Gasteiger partial charge in [-0.2, -0.15) is 0 Å². The molecule has 2 aromatic carbocycles. The summed E-state index contributed by atoms with van der Waals surface area (Å²) in [6.45, 7) is 9.07. The largest absolute Gasteiger partial charge is 0.407 e. The van der Waals surface area contributed by atoms with Gasteiger partial charge in [0.1, 0.15) is 5.78 Å². The van der Waals surface area contributed by atoms with Crippen LogP contribution >= 0.6 is 11.6 Å². The summed E-state index contributed by atoms with van der Waals surface area (Å²) in [5, 5.41) is 2.20. The van der Waals surface area contributed by atoms with Crippen LogP contribution in [-0.4, -0.2) is 26.1 Å². The summed E-state index contributed by atoms with van der Waals surface area (Å²) in [6, 6.07) is 21.3. The van der Waals surface area contributed by atoms with Crippen molar-refractivity contribution in [3.8, 4) is 0 Å². The zero-order valence-electron chi connectivity index (χ0n) is 16.9. The lowest BCUT2D eigenvalue weighted by Crippen LogP contribution is -2.66. The first kappa shape index (κ1) is 21.9. The second-order valence-corrected chi connectivity index (χ2v) is 12.9. The summed E-state index contributed by atoms with van der Waals surface area (Å²) in [7, 11) is -2.45. The standard InChI is InChI=1S/C23H31ClO2Si/c1-19(25)22(24)17-11-12-18-26-27(23(2,3)4,20-13-7-5-8-14-20)21-15-9-6-10-16-21/h5-10,13-16,22H,11-12,17-18H2,1-4H3/t22-/m1/s1. The first-order chi connectivity index (χ1) is 12.8. The number of Topliss-reactive ketones (excluding diaryl/α,β-unsaturated/α-hetero) is 1. The summed E-state index contributed by atoms with van der Waals surface area (Å²) >= 11 is 6.07. The van der Waals surface area contributed by atoms with E-state index in [0.717, 1.165) is 12.8 Å². The van der Waals surface area contributed by atoms with E-state index in [0.29, 0.717) is 13.0 Å². The molecular formula is C23H31ClO2Si. The van der Waals surface area contributed by atoms with Crippen molar-refractivity contribution in [3.05, 3.63) is 60.7 Å². The van der Waals surface area contributed by atoms with Gasteiger partial charge in [0, 0.05) is 6.61 Å². The molecule has 1 atom stereocenters. The first-order valence-corrected chi connectivity index (χ1v) is 12.0. The minimum Gasteiger partial charge on any atom is -0.407 e. The van der Waals surface area contributed by atoms with Crippen LogP contribution in [0.25, 0.3) is 0 Å². The summed E-state index contributed by atoms with van der Waals surface area (Å²) in [6.07, 6.45) is 2.51. The van der Waals surface area contributed by atoms with Crippen molar-refractivity contribution in [2.24, 2.45) is 0 Å². The van der Waals surface area contributed by atoms with Crippen LogP contribution in [0.15, 0.2) is 60.7 Å². The van der Waals surface area contributed by atoms with Crippen molar-refractivity contribution in [3.63, 3.8) is 0 Å². The average Bonchev–Trinajstić information content (AvgIpc) is 2.65. The van der Waals surface area contributed by atoms with E-state index >= 15 is 0 Å². The molecule has 0 aromatic heterocycles. The van der Waals surface area contributed by atoms with Crippen molar-refractivity contribution in [2.75, 3.05) is 6.61 Å². The number of halogens is 1. The quantitative estimate of drug-likeness (QED) is 0.337. The zero-order valence-corrected chi connectivity index (χ0v) is 18.6. The van der Waals surface area contributed by atoms with Gasteiger partial charge in [0.25, 0.3) is 8.32 Å². The van der Waals surface area contributed by atoms with Gasteiger partial charge in [0.2, 0.25) is 0 Å². The zero-order chi connectivity index (χ0) is 19.9. The SMILES string of the molecule is CC(=O)[C@H](Cl)CCCCO[Si](c1ccccc1)(c1ccccc1)C(C)(C)C. The van der Waals surface area contributed by atoms with Gasteiger partial charge in [-0.05, 0) is 41.6 Å². The van der Waals surface area contributed by atoms with Crippen LogP contribution in [0.5, 0.6) is 0 Å². The Hall–Kier alpha value is -1.42. The lowest BCUT2D eigenvalue weighted by atomic mass is 10.1. The van der Waals surface area contributed by atoms with Crippen molar-refractivity contribution in [1.82, 2.24) is 0 Å². The van der Waals surface area contributed by atoms with Gasteiger partial charge in [-0.15, -0.1) is 11.6 Å². The number of hydrogen-bond donors (Lipinski definition) is 0. The highest BCUT2D eigenvalue weighted by molar-refractivity contribution is 6.99. The summed E-state index contributed by atoms with van der Waals surface area (Å²) in [5.41, 5.74) is 0. The predicted molar refractivity (Wildman–Crippen MR) is 118 cm³/mol. The van der Waals surface area contributed by atoms with E-state index in [2.05, 4.69) is 81.4 Å². The van der Waals surface area contributed by atoms with Crippen LogP contribution in [-0.2, 0) is 9.22 Å². The Labute approximate surface area is 170 Å². The van der Waals surface area contributed by atoms with Crippen LogP contribution in [0.4, 0.5) is 0 Å². The van der Waals surface area contributed by atoms with Crippen LogP contribution in [0.3, 0.4) is 0 Å². The van der Waals surface area contributed by atoms with Gasteiger partial charge in [-0.25, -0.2) is 0 Å². The fourth-order valence-electron chi connectivity index (χ4n) is 3.62. The van der Waals surface area contributed by atoms with Crippen molar-refractivity contribution in [2.45, 2.75) is 57.4 Å². The maximum Gasteiger partial charge on any atom is 0.261 e. The van der Waals surface area contributed by atoms with Gasteiger partial charge in [-0.3, -0.25) is 4.79 Å². The first-order valence-electron chi connectivity index (χ1n) is 9.68. The molecule has 0 aliphatic carbocycles. The van der Waals surface area contributed by atoms with E-state index in [1.165, 1.54) is 10.4 Å². The fourth-order valence-corrected chi connectivity index (χ4v) is 8.38. The van der Waals surface area contributed by atoms with Crippen molar-refractivity contribution < 1.29 is 9.22 Å². The lowest BCUT2D eigenvalue weighted by molar-refractivity contribution is -0.116. The summed E-state index contributed by atoms with van der Waals surface area (Å²) in [4.78, 5) is 11.3. The van der Waals surface area contributed by atoms with E-state index in [1.54, 1.807) is 6.92 Å². The van der Waals surface area contributed by atoms with Gasteiger partial charge in [0.15, 0.2) is 0 Å². The molecule has 0 unspecified atom stereocenters. The topological polar surface area (TPSA) is 26.3 Å². The van der Waals surface area contributed by atoms with Gasteiger partial charge < -0.3 is 4.43 Å². The summed E-state index contributed by atoms with van der Waals surface area (Å²) in [5.74, 6) is 0.0459. The summed E-state index contributed by atoms with van der Waals surface area (Å²) < 4.78 is 6.82. The van der Waals surface area contributed by atoms with Crippen molar-refractivity contribution in [1.29, 1.82) is 0 Å². The Balaban J connectivity index is 2.26. The molecule has 0 N–H and O–H groups in total. The molecule has 0 amide bonds. The van der Waals surface area contributed by atoms with E-state index in [4.69, 9.17) is 16.0 Å². The highest BCUT2D eigenvalue weighted by Crippen LogP contribution is 2.36. The number of hydrogen-bond acceptors (Lipinski definition) is 2. The Bertz CT molecular complexity index is 671. The molecule has 4 heteroatoms. The fraction of sp³-hybridized carbons (Fsp3) is 0.435. The molecule has 0 aliphatic rings. The van der Waals surface area contributed by atoms with Crippen LogP contribution in [0.2, 0.25) is 5.04 Å². The molecule has 27 heavy (non-hydrogen) atoms. The molecule has 0 fully saturated rings. The maximum absolute atomic E-state index is 11.3. The Morgan fingerprint density at radius 2 is 1.44 bits per heavy atom. The number of carbonyl (C=O) groups excluding carboxylic acids is 1. The number of ketones is 1. The molecule has 0 saturated carbocycles. The Kier molecular flexibility index (Phi) is 7.84. The molecule has 0 radical (unpaired) electrons. The average molecular weight is 403 g/mol. The minimum atomic E-state index is -2.45. The number of rotatable bonds is 9. The second kappa shape index (κ2) is 9.68. The van der Waals surface area contributed by atoms with E-state index in [1.807, 2.05) is 0 Å². The molecule has 2 rings (SSSR count). The molecule has 2 aromatic rings. The molecule has 0 spiro atoms. The molecule has 0 saturated heterocycles. The molecular weight excluding hydrogens is 372 g/mol. The second-order valence-electron chi connectivity index (χ2n) is 8.09. The third kappa shape index (κ3) is 5.31. The van der Waals surface area contributed by atoms with E-state index in [9.17, 15) is 4.79 Å². The molecule has 0 heterocycles. The van der Waals surface area contributed by atoms with Gasteiger partial charge >= 0.3 is 0 Å². The van der Waals surface area contributed by atoms with Crippen LogP contribution in [0, 0.1) is 0 Å². The predicted octanol–water partition coefficient (Wildman–Crippen LogP) is 4.93. The highest BCUT2D eigenvalue weighted by Gasteiger charge is 2.49. The van der Waals surface area contributed by atoms with Crippen LogP contribution < -0.4 is 10.4 Å². The monoisotopic (exact) mass is 402 g/mol. The minimum absolute atomic E-state index is 0.00981. The Morgan fingerprint density at radius 3 is 1.85 bits per heavy atom. The van der Waals surface area contributed by atoms with Gasteiger partial charge in [0.05, 0.1) is 5.38 Å². The van der Waals surface area contributed by atoms with Crippen LogP contribution in [0.1, 0.15) is 47.0 Å². The smallest absolute Gasteiger partial charge is 0.261 e. The number of unbranched alkanes of at least 4 members (excludes halogenated alkanes) is 1. The number of alkyl halides is 1. The third-order valence-corrected chi connectivity index (χ3v) is 10.6. The molecule has 0 aliphatic heterocycles. The number of benzene rings is 2.